The van der Waals surface area contributed by atoms with E-state index in [1.54, 1.807) is 12.1 Å². The number of hydrogen-bond acceptors (Lipinski definition) is 3. The monoisotopic (exact) mass is 300 g/mol. The van der Waals surface area contributed by atoms with Crippen LogP contribution in [-0.4, -0.2) is 22.2 Å². The van der Waals surface area contributed by atoms with Gasteiger partial charge in [0.1, 0.15) is 17.1 Å². The number of benzene rings is 2. The van der Waals surface area contributed by atoms with Crippen molar-refractivity contribution in [3.8, 4) is 11.5 Å². The lowest BCUT2D eigenvalue weighted by Crippen LogP contribution is -2.03. The van der Waals surface area contributed by atoms with E-state index in [0.717, 1.165) is 5.56 Å². The first-order chi connectivity index (χ1) is 10.4. The van der Waals surface area contributed by atoms with E-state index in [9.17, 15) is 9.59 Å². The molecule has 2 rings (SSSR count). The zero-order valence-electron chi connectivity index (χ0n) is 12.2. The molecule has 0 radical (unpaired) electrons. The Bertz CT molecular complexity index is 701. The quantitative estimate of drug-likeness (QED) is 0.872. The fourth-order valence-electron chi connectivity index (χ4n) is 1.96. The normalized spacial score (nSPS) is 10.5. The van der Waals surface area contributed by atoms with Crippen molar-refractivity contribution >= 4 is 11.9 Å². The van der Waals surface area contributed by atoms with E-state index >= 15 is 0 Å². The van der Waals surface area contributed by atoms with Crippen molar-refractivity contribution in [3.05, 3.63) is 59.2 Å². The molecule has 22 heavy (non-hydrogen) atoms. The minimum absolute atomic E-state index is 0.00435. The molecule has 2 aromatic carbocycles. The van der Waals surface area contributed by atoms with Gasteiger partial charge in [-0.3, -0.25) is 0 Å². The SMILES string of the molecule is CC(C)c1ccc(Oc2cc(C(=O)O)ccc2C(=O)O)cc1. The van der Waals surface area contributed by atoms with Gasteiger partial charge in [-0.25, -0.2) is 9.59 Å². The molecule has 0 spiro atoms. The number of carboxylic acid groups (broad SMARTS) is 2. The van der Waals surface area contributed by atoms with Crippen molar-refractivity contribution < 1.29 is 24.5 Å². The lowest BCUT2D eigenvalue weighted by Gasteiger charge is -2.11. The summed E-state index contributed by atoms with van der Waals surface area (Å²) in [6.45, 7) is 4.13. The van der Waals surface area contributed by atoms with Gasteiger partial charge in [0, 0.05) is 0 Å². The number of aromatic carboxylic acids is 2. The third-order valence-corrected chi connectivity index (χ3v) is 3.23. The number of ether oxygens (including phenoxy) is 1. The van der Waals surface area contributed by atoms with Gasteiger partial charge >= 0.3 is 11.9 Å². The fourth-order valence-corrected chi connectivity index (χ4v) is 1.96. The topological polar surface area (TPSA) is 83.8 Å². The van der Waals surface area contributed by atoms with E-state index < -0.39 is 11.9 Å². The molecular formula is C17H16O5. The molecule has 2 N–H and O–H groups in total. The number of carboxylic acids is 2. The molecule has 0 aromatic heterocycles. The summed E-state index contributed by atoms with van der Waals surface area (Å²) in [5, 5.41) is 18.2. The maximum atomic E-state index is 11.2. The Balaban J connectivity index is 2.36. The van der Waals surface area contributed by atoms with Crippen LogP contribution in [0, 0.1) is 0 Å². The molecule has 5 nitrogen and oxygen atoms in total. The largest absolute Gasteiger partial charge is 0.478 e. The van der Waals surface area contributed by atoms with Crippen molar-refractivity contribution in [1.29, 1.82) is 0 Å². The summed E-state index contributed by atoms with van der Waals surface area (Å²) in [6.07, 6.45) is 0. The summed E-state index contributed by atoms with van der Waals surface area (Å²) < 4.78 is 5.55. The Morgan fingerprint density at radius 1 is 0.955 bits per heavy atom. The standard InChI is InChI=1S/C17H16O5/c1-10(2)11-3-6-13(7-4-11)22-15-9-12(16(18)19)5-8-14(15)17(20)21/h3-10H,1-2H3,(H,18,19)(H,20,21). The first-order valence-electron chi connectivity index (χ1n) is 6.77. The van der Waals surface area contributed by atoms with Crippen LogP contribution in [0.3, 0.4) is 0 Å². The second-order valence-corrected chi connectivity index (χ2v) is 5.15. The van der Waals surface area contributed by atoms with Crippen LogP contribution >= 0.6 is 0 Å². The molecule has 5 heteroatoms. The van der Waals surface area contributed by atoms with Crippen molar-refractivity contribution in [2.45, 2.75) is 19.8 Å². The highest BCUT2D eigenvalue weighted by atomic mass is 16.5. The van der Waals surface area contributed by atoms with E-state index in [0.29, 0.717) is 11.7 Å². The van der Waals surface area contributed by atoms with Crippen LogP contribution in [0.1, 0.15) is 46.0 Å². The van der Waals surface area contributed by atoms with Gasteiger partial charge in [-0.1, -0.05) is 26.0 Å². The zero-order valence-corrected chi connectivity index (χ0v) is 12.2. The second-order valence-electron chi connectivity index (χ2n) is 5.15. The van der Waals surface area contributed by atoms with Gasteiger partial charge in [-0.05, 0) is 41.8 Å². The molecule has 0 heterocycles. The molecule has 0 bridgehead atoms. The van der Waals surface area contributed by atoms with Crippen molar-refractivity contribution in [3.63, 3.8) is 0 Å². The van der Waals surface area contributed by atoms with Crippen LogP contribution < -0.4 is 4.74 Å². The second kappa shape index (κ2) is 6.30. The molecule has 0 saturated carbocycles. The van der Waals surface area contributed by atoms with Gasteiger partial charge < -0.3 is 14.9 Å². The minimum Gasteiger partial charge on any atom is -0.478 e. The van der Waals surface area contributed by atoms with E-state index in [-0.39, 0.29) is 16.9 Å². The van der Waals surface area contributed by atoms with Gasteiger partial charge in [0.25, 0.3) is 0 Å². The Kier molecular flexibility index (Phi) is 4.46. The first-order valence-corrected chi connectivity index (χ1v) is 6.77. The summed E-state index contributed by atoms with van der Waals surface area (Å²) in [5.74, 6) is -1.49. The highest BCUT2D eigenvalue weighted by Crippen LogP contribution is 2.28. The molecule has 0 atom stereocenters. The van der Waals surface area contributed by atoms with E-state index in [1.165, 1.54) is 18.2 Å². The van der Waals surface area contributed by atoms with Gasteiger partial charge in [0.2, 0.25) is 0 Å². The van der Waals surface area contributed by atoms with Crippen LogP contribution in [0.5, 0.6) is 11.5 Å². The van der Waals surface area contributed by atoms with Crippen LogP contribution in [0.25, 0.3) is 0 Å². The molecule has 114 valence electrons. The lowest BCUT2D eigenvalue weighted by molar-refractivity contribution is 0.0678. The molecule has 0 fully saturated rings. The molecule has 2 aromatic rings. The van der Waals surface area contributed by atoms with Crippen molar-refractivity contribution in [2.24, 2.45) is 0 Å². The summed E-state index contributed by atoms with van der Waals surface area (Å²) in [6, 6.07) is 10.9. The van der Waals surface area contributed by atoms with Crippen molar-refractivity contribution in [1.82, 2.24) is 0 Å². The Morgan fingerprint density at radius 2 is 1.59 bits per heavy atom. The highest BCUT2D eigenvalue weighted by molar-refractivity contribution is 5.94. The third kappa shape index (κ3) is 3.44. The Hall–Kier alpha value is -2.82. The zero-order chi connectivity index (χ0) is 16.3. The smallest absolute Gasteiger partial charge is 0.339 e. The number of rotatable bonds is 5. The first kappa shape index (κ1) is 15.6. The molecule has 0 amide bonds. The van der Waals surface area contributed by atoms with Crippen LogP contribution in [-0.2, 0) is 0 Å². The van der Waals surface area contributed by atoms with E-state index in [1.807, 2.05) is 12.1 Å². The Morgan fingerprint density at radius 3 is 2.09 bits per heavy atom. The summed E-state index contributed by atoms with van der Waals surface area (Å²) in [5.41, 5.74) is 1.02. The lowest BCUT2D eigenvalue weighted by atomic mass is 10.0. The average Bonchev–Trinajstić information content (AvgIpc) is 2.47. The molecule has 0 saturated heterocycles. The van der Waals surface area contributed by atoms with Gasteiger partial charge in [0.05, 0.1) is 5.56 Å². The van der Waals surface area contributed by atoms with Gasteiger partial charge in [-0.2, -0.15) is 0 Å². The fraction of sp³-hybridized carbons (Fsp3) is 0.176. The van der Waals surface area contributed by atoms with Crippen LogP contribution in [0.2, 0.25) is 0 Å². The maximum Gasteiger partial charge on any atom is 0.339 e. The third-order valence-electron chi connectivity index (χ3n) is 3.23. The molecular weight excluding hydrogens is 284 g/mol. The minimum atomic E-state index is -1.18. The Labute approximate surface area is 127 Å². The highest BCUT2D eigenvalue weighted by Gasteiger charge is 2.15. The predicted molar refractivity (Wildman–Crippen MR) is 81.0 cm³/mol. The maximum absolute atomic E-state index is 11.2. The molecule has 0 aliphatic carbocycles. The van der Waals surface area contributed by atoms with Gasteiger partial charge in [-0.15, -0.1) is 0 Å². The molecule has 0 unspecified atom stereocenters. The van der Waals surface area contributed by atoms with E-state index in [2.05, 4.69) is 13.8 Å². The van der Waals surface area contributed by atoms with Gasteiger partial charge in [0.15, 0.2) is 0 Å². The van der Waals surface area contributed by atoms with Crippen molar-refractivity contribution in [2.75, 3.05) is 0 Å². The summed E-state index contributed by atoms with van der Waals surface area (Å²) >= 11 is 0. The molecule has 0 aliphatic heterocycles. The number of hydrogen-bond donors (Lipinski definition) is 2. The molecule has 0 aliphatic rings. The number of carbonyl (C=O) groups is 2. The average molecular weight is 300 g/mol. The predicted octanol–water partition coefficient (Wildman–Crippen LogP) is 4.00. The van der Waals surface area contributed by atoms with Crippen LogP contribution in [0.4, 0.5) is 0 Å². The summed E-state index contributed by atoms with van der Waals surface area (Å²) in [7, 11) is 0. The van der Waals surface area contributed by atoms with E-state index in [4.69, 9.17) is 14.9 Å². The van der Waals surface area contributed by atoms with Crippen LogP contribution in [0.15, 0.2) is 42.5 Å². The summed E-state index contributed by atoms with van der Waals surface area (Å²) in [4.78, 5) is 22.2.